The second-order valence-electron chi connectivity index (χ2n) is 9.37. The lowest BCUT2D eigenvalue weighted by atomic mass is 10.1. The van der Waals surface area contributed by atoms with Crippen molar-refractivity contribution in [1.82, 2.24) is 0 Å². The summed E-state index contributed by atoms with van der Waals surface area (Å²) in [5.74, 6) is -0.0797. The van der Waals surface area contributed by atoms with Gasteiger partial charge in [-0.15, -0.1) is 0 Å². The predicted molar refractivity (Wildman–Crippen MR) is 174 cm³/mol. The van der Waals surface area contributed by atoms with Crippen molar-refractivity contribution < 1.29 is 9.53 Å². The molecule has 3 aromatic rings. The highest BCUT2D eigenvalue weighted by Crippen LogP contribution is 2.46. The number of rotatable bonds is 14. The lowest BCUT2D eigenvalue weighted by molar-refractivity contribution is -0.112. The molecule has 0 saturated carbocycles. The largest absolute Gasteiger partial charge is 0.479 e. The van der Waals surface area contributed by atoms with Crippen LogP contribution in [0.3, 0.4) is 0 Å². The van der Waals surface area contributed by atoms with Crippen LogP contribution in [-0.4, -0.2) is 27.3 Å². The molecule has 3 rings (SSSR count). The smallest absolute Gasteiger partial charge is 0.220 e. The molecule has 204 valence electrons. The topological polar surface area (TPSA) is 50.1 Å². The summed E-state index contributed by atoms with van der Waals surface area (Å²) in [7, 11) is 0. The summed E-state index contributed by atoms with van der Waals surface area (Å²) in [6, 6.07) is 32.7. The van der Waals surface area contributed by atoms with Crippen molar-refractivity contribution in [3.8, 4) is 6.07 Å². The first-order valence-corrected chi connectivity index (χ1v) is 16.9. The number of ether oxygens (including phenoxy) is 1. The van der Waals surface area contributed by atoms with Crippen LogP contribution in [0.2, 0.25) is 0 Å². The Hall–Kier alpha value is -2.64. The number of unbranched alkanes of at least 4 members (excludes halogenated alkanes) is 3. The Morgan fingerprint density at radius 1 is 0.846 bits per heavy atom. The van der Waals surface area contributed by atoms with Crippen LogP contribution in [0.1, 0.15) is 58.8 Å². The van der Waals surface area contributed by atoms with Crippen molar-refractivity contribution in [1.29, 1.82) is 5.26 Å². The molecule has 0 aliphatic rings. The monoisotopic (exact) mass is 575 g/mol. The third-order valence-corrected chi connectivity index (χ3v) is 12.5. The lowest BCUT2D eigenvalue weighted by Gasteiger charge is -2.30. The highest BCUT2D eigenvalue weighted by Gasteiger charge is 2.33. The summed E-state index contributed by atoms with van der Waals surface area (Å²) in [5.41, 5.74) is 0. The molecule has 1 atom stereocenters. The number of ketones is 1. The zero-order chi connectivity index (χ0) is 27.9. The maximum Gasteiger partial charge on any atom is 0.220 e. The molecule has 3 nitrogen and oxygen atoms in total. The number of nitriles is 1. The van der Waals surface area contributed by atoms with E-state index in [0.29, 0.717) is 29.1 Å². The molecular weight excluding hydrogens is 537 g/mol. The van der Waals surface area contributed by atoms with Gasteiger partial charge >= 0.3 is 0 Å². The van der Waals surface area contributed by atoms with Crippen LogP contribution in [0.4, 0.5) is 0 Å². The molecule has 0 heterocycles. The van der Waals surface area contributed by atoms with Gasteiger partial charge < -0.3 is 4.74 Å². The van der Waals surface area contributed by atoms with Crippen molar-refractivity contribution in [2.24, 2.45) is 0 Å². The molecule has 0 N–H and O–H groups in total. The average molecular weight is 576 g/mol. The van der Waals surface area contributed by atoms with E-state index in [4.69, 9.17) is 17.0 Å². The Labute approximate surface area is 244 Å². The van der Waals surface area contributed by atoms with E-state index in [0.717, 1.165) is 28.8 Å². The van der Waals surface area contributed by atoms with Crippen molar-refractivity contribution in [2.45, 2.75) is 64.0 Å². The van der Waals surface area contributed by atoms with E-state index in [1.54, 1.807) is 11.8 Å². The first kappa shape index (κ1) is 30.9. The number of thiocarbonyl (C=S) groups is 1. The maximum absolute atomic E-state index is 14.1. The molecule has 0 aromatic heterocycles. The van der Waals surface area contributed by atoms with Crippen LogP contribution < -0.4 is 15.9 Å². The zero-order valence-corrected chi connectivity index (χ0v) is 25.4. The van der Waals surface area contributed by atoms with Gasteiger partial charge in [-0.05, 0) is 54.8 Å². The molecule has 0 aliphatic heterocycles. The first-order valence-electron chi connectivity index (χ1n) is 13.8. The molecule has 39 heavy (non-hydrogen) atoms. The molecule has 0 amide bonds. The second-order valence-corrected chi connectivity index (χ2v) is 14.6. The van der Waals surface area contributed by atoms with E-state index in [-0.39, 0.29) is 11.0 Å². The standard InChI is InChI=1S/C33H38NO2PS2/c1-3-5-6-16-23-30(39-33(38)36-4-2)24-25-31(35)32(26-34)37(27-17-10-7-11-18-27,28-19-12-8-13-20-28)29-21-14-9-15-22-29/h7-15,17-22,30H,3-6,16,23-25H2,1-2H3. The third kappa shape index (κ3) is 8.18. The van der Waals surface area contributed by atoms with Crippen LogP contribution >= 0.6 is 30.9 Å². The van der Waals surface area contributed by atoms with Crippen LogP contribution in [0.25, 0.3) is 0 Å². The minimum absolute atomic E-state index is 0.0797. The van der Waals surface area contributed by atoms with E-state index in [2.05, 4.69) is 49.4 Å². The Bertz CT molecular complexity index is 1180. The summed E-state index contributed by atoms with van der Waals surface area (Å²) >= 11 is 7.00. The number of carbonyl (C=O) groups is 1. The fourth-order valence-electron chi connectivity index (χ4n) is 4.87. The Balaban J connectivity index is 2.08. The molecule has 6 heteroatoms. The molecular formula is C33H38NO2PS2. The van der Waals surface area contributed by atoms with Gasteiger partial charge in [0, 0.05) is 11.7 Å². The summed E-state index contributed by atoms with van der Waals surface area (Å²) in [6.45, 7) is 1.98. The molecule has 0 radical (unpaired) electrons. The minimum atomic E-state index is -2.70. The summed E-state index contributed by atoms with van der Waals surface area (Å²) in [5, 5.41) is 14.2. The van der Waals surface area contributed by atoms with Crippen molar-refractivity contribution in [3.05, 3.63) is 91.0 Å². The summed E-state index contributed by atoms with van der Waals surface area (Å²) in [6.07, 6.45) is 6.59. The molecule has 0 fully saturated rings. The Kier molecular flexibility index (Phi) is 13.0. The van der Waals surface area contributed by atoms with Crippen LogP contribution in [0, 0.1) is 11.3 Å². The first-order chi connectivity index (χ1) is 19.1. The lowest BCUT2D eigenvalue weighted by Crippen LogP contribution is -2.33. The van der Waals surface area contributed by atoms with Gasteiger partial charge in [-0.3, -0.25) is 4.79 Å². The third-order valence-electron chi connectivity index (χ3n) is 6.73. The van der Waals surface area contributed by atoms with Crippen LogP contribution in [-0.2, 0) is 9.53 Å². The SMILES string of the molecule is CCCCCCC(CCC(=O)C(C#N)=P(c1ccccc1)(c1ccccc1)c1ccccc1)SC(=S)OCC. The quantitative estimate of drug-likeness (QED) is 0.114. The molecule has 0 spiro atoms. The normalized spacial score (nSPS) is 11.8. The van der Waals surface area contributed by atoms with Crippen LogP contribution in [0.5, 0.6) is 0 Å². The molecule has 0 saturated heterocycles. The second kappa shape index (κ2) is 16.5. The fraction of sp³-hybridized carbons (Fsp3) is 0.333. The van der Waals surface area contributed by atoms with Gasteiger partial charge in [0.15, 0.2) is 5.78 Å². The van der Waals surface area contributed by atoms with E-state index in [9.17, 15) is 10.1 Å². The van der Waals surface area contributed by atoms with Gasteiger partial charge in [-0.25, -0.2) is 0 Å². The number of nitrogens with zero attached hydrogens (tertiary/aromatic N) is 1. The van der Waals surface area contributed by atoms with Crippen molar-refractivity contribution in [2.75, 3.05) is 6.61 Å². The summed E-state index contributed by atoms with van der Waals surface area (Å²) in [4.78, 5) is 14.1. The van der Waals surface area contributed by atoms with Crippen molar-refractivity contribution >= 4 is 62.2 Å². The van der Waals surface area contributed by atoms with E-state index in [1.165, 1.54) is 19.3 Å². The van der Waals surface area contributed by atoms with E-state index in [1.807, 2.05) is 61.5 Å². The Morgan fingerprint density at radius 3 is 1.79 bits per heavy atom. The van der Waals surface area contributed by atoms with Gasteiger partial charge in [0.2, 0.25) is 4.38 Å². The van der Waals surface area contributed by atoms with Crippen LogP contribution in [0.15, 0.2) is 91.0 Å². The average Bonchev–Trinajstić information content (AvgIpc) is 2.98. The number of hydrogen-bond donors (Lipinski definition) is 0. The number of carbonyl (C=O) groups excluding carboxylic acids is 1. The number of Topliss-reactive ketones (excluding diaryl/α,β-unsaturated/α-hetero) is 1. The van der Waals surface area contributed by atoms with E-state index < -0.39 is 6.89 Å². The minimum Gasteiger partial charge on any atom is -0.479 e. The highest BCUT2D eigenvalue weighted by molar-refractivity contribution is 8.23. The van der Waals surface area contributed by atoms with Gasteiger partial charge in [-0.1, -0.05) is 135 Å². The Morgan fingerprint density at radius 2 is 1.36 bits per heavy atom. The number of thioether (sulfide) groups is 1. The van der Waals surface area contributed by atoms with E-state index >= 15 is 0 Å². The van der Waals surface area contributed by atoms with Gasteiger partial charge in [0.05, 0.1) is 6.61 Å². The zero-order valence-electron chi connectivity index (χ0n) is 22.9. The van der Waals surface area contributed by atoms with Gasteiger partial charge in [0.1, 0.15) is 11.4 Å². The highest BCUT2D eigenvalue weighted by atomic mass is 32.2. The molecule has 0 aliphatic carbocycles. The molecule has 0 bridgehead atoms. The predicted octanol–water partition coefficient (Wildman–Crippen LogP) is 7.42. The van der Waals surface area contributed by atoms with Gasteiger partial charge in [0.25, 0.3) is 0 Å². The van der Waals surface area contributed by atoms with Gasteiger partial charge in [-0.2, -0.15) is 5.26 Å². The maximum atomic E-state index is 14.1. The number of hydrogen-bond acceptors (Lipinski definition) is 5. The van der Waals surface area contributed by atoms with Crippen molar-refractivity contribution in [3.63, 3.8) is 0 Å². The fourth-order valence-corrected chi connectivity index (χ4v) is 10.5. The molecule has 3 aromatic carbocycles. The summed E-state index contributed by atoms with van der Waals surface area (Å²) < 4.78 is 6.10. The molecule has 1 unspecified atom stereocenters. The number of benzene rings is 3.